The first-order valence-electron chi connectivity index (χ1n) is 9.41. The van der Waals surface area contributed by atoms with E-state index in [0.29, 0.717) is 5.75 Å². The smallest absolute Gasteiger partial charge is 0.246 e. The minimum Gasteiger partial charge on any atom is -0.497 e. The van der Waals surface area contributed by atoms with Crippen LogP contribution >= 0.6 is 0 Å². The van der Waals surface area contributed by atoms with Crippen molar-refractivity contribution in [3.8, 4) is 11.5 Å². The Morgan fingerprint density at radius 3 is 1.87 bits per heavy atom. The van der Waals surface area contributed by atoms with E-state index in [-0.39, 0.29) is 41.7 Å². The molecule has 0 radical (unpaired) electrons. The molecule has 1 saturated heterocycles. The summed E-state index contributed by atoms with van der Waals surface area (Å²) in [6.07, 6.45) is 0. The van der Waals surface area contributed by atoms with Crippen molar-refractivity contribution in [3.63, 3.8) is 0 Å². The van der Waals surface area contributed by atoms with Crippen LogP contribution in [0.2, 0.25) is 0 Å². The predicted molar refractivity (Wildman–Crippen MR) is 113 cm³/mol. The molecule has 0 unspecified atom stereocenters. The van der Waals surface area contributed by atoms with E-state index in [4.69, 9.17) is 9.47 Å². The molecule has 0 aromatic heterocycles. The summed E-state index contributed by atoms with van der Waals surface area (Å²) in [7, 11) is -4.72. The molecule has 2 aromatic rings. The van der Waals surface area contributed by atoms with Crippen molar-refractivity contribution in [2.45, 2.75) is 23.6 Å². The van der Waals surface area contributed by atoms with E-state index in [1.54, 1.807) is 24.3 Å². The summed E-state index contributed by atoms with van der Waals surface area (Å²) >= 11 is 0. The van der Waals surface area contributed by atoms with Crippen LogP contribution in [0.25, 0.3) is 0 Å². The van der Waals surface area contributed by atoms with Gasteiger partial charge in [0.05, 0.1) is 19.1 Å². The molecule has 1 aliphatic heterocycles. The number of ether oxygens (including phenoxy) is 2. The van der Waals surface area contributed by atoms with Gasteiger partial charge >= 0.3 is 0 Å². The molecule has 0 spiro atoms. The third-order valence-electron chi connectivity index (χ3n) is 5.30. The zero-order valence-electron chi connectivity index (χ0n) is 17.5. The lowest BCUT2D eigenvalue weighted by Gasteiger charge is -2.33. The normalized spacial score (nSPS) is 16.4. The van der Waals surface area contributed by atoms with Gasteiger partial charge in [-0.15, -0.1) is 0 Å². The Hall–Kier alpha value is -2.14. The second-order valence-electron chi connectivity index (χ2n) is 7.07. The number of rotatable bonds is 6. The first-order chi connectivity index (χ1) is 14.1. The number of nitrogens with zero attached hydrogens (tertiary/aromatic N) is 2. The third-order valence-corrected chi connectivity index (χ3v) is 9.12. The van der Waals surface area contributed by atoms with Gasteiger partial charge in [-0.05, 0) is 49.2 Å². The average Bonchev–Trinajstić information content (AvgIpc) is 2.75. The standard InChI is InChI=1S/C20H26N2O6S2/c1-15-5-7-18(13-16(15)2)29(23,24)21-9-11-22(12-10-21)30(25,26)20-14-17(27-3)6-8-19(20)28-4/h5-8,13-14H,9-12H2,1-4H3. The van der Waals surface area contributed by atoms with Gasteiger partial charge in [-0.3, -0.25) is 0 Å². The van der Waals surface area contributed by atoms with Crippen molar-refractivity contribution in [1.29, 1.82) is 0 Å². The topological polar surface area (TPSA) is 93.2 Å². The lowest BCUT2D eigenvalue weighted by Crippen LogP contribution is -2.50. The van der Waals surface area contributed by atoms with Crippen LogP contribution in [0.1, 0.15) is 11.1 Å². The summed E-state index contributed by atoms with van der Waals surface area (Å²) in [6, 6.07) is 9.57. The summed E-state index contributed by atoms with van der Waals surface area (Å²) in [6.45, 7) is 4.02. The van der Waals surface area contributed by atoms with Crippen LogP contribution in [0.5, 0.6) is 11.5 Å². The predicted octanol–water partition coefficient (Wildman–Crippen LogP) is 2.02. The number of hydrogen-bond donors (Lipinski definition) is 0. The Labute approximate surface area is 178 Å². The fraction of sp³-hybridized carbons (Fsp3) is 0.400. The summed E-state index contributed by atoms with van der Waals surface area (Å²) in [5, 5.41) is 0. The summed E-state index contributed by atoms with van der Waals surface area (Å²) < 4.78 is 65.2. The zero-order chi connectivity index (χ0) is 22.1. The molecule has 3 rings (SSSR count). The Morgan fingerprint density at radius 1 is 0.733 bits per heavy atom. The number of hydrogen-bond acceptors (Lipinski definition) is 6. The van der Waals surface area contributed by atoms with Gasteiger partial charge in [-0.2, -0.15) is 8.61 Å². The average molecular weight is 455 g/mol. The Bertz CT molecular complexity index is 1140. The molecule has 164 valence electrons. The molecule has 8 nitrogen and oxygen atoms in total. The largest absolute Gasteiger partial charge is 0.497 e. The molecule has 1 aliphatic rings. The van der Waals surface area contributed by atoms with E-state index in [0.717, 1.165) is 11.1 Å². The number of aryl methyl sites for hydroxylation is 2. The van der Waals surface area contributed by atoms with Gasteiger partial charge in [-0.25, -0.2) is 16.8 Å². The van der Waals surface area contributed by atoms with Crippen LogP contribution in [0.4, 0.5) is 0 Å². The fourth-order valence-corrected chi connectivity index (χ4v) is 6.40. The molecule has 2 aromatic carbocycles. The van der Waals surface area contributed by atoms with Crippen LogP contribution in [-0.4, -0.2) is 65.8 Å². The quantitative estimate of drug-likeness (QED) is 0.663. The molecule has 0 aliphatic carbocycles. The maximum Gasteiger partial charge on any atom is 0.246 e. The van der Waals surface area contributed by atoms with Crippen molar-refractivity contribution < 1.29 is 26.3 Å². The van der Waals surface area contributed by atoms with Gasteiger partial charge in [0.15, 0.2) is 0 Å². The molecule has 0 bridgehead atoms. The summed E-state index contributed by atoms with van der Waals surface area (Å²) in [5.74, 6) is 0.603. The molecule has 10 heteroatoms. The molecule has 1 fully saturated rings. The van der Waals surface area contributed by atoms with E-state index in [9.17, 15) is 16.8 Å². The highest BCUT2D eigenvalue weighted by Crippen LogP contribution is 2.31. The monoisotopic (exact) mass is 454 g/mol. The molecular formula is C20H26N2O6S2. The Morgan fingerprint density at radius 2 is 1.33 bits per heavy atom. The molecule has 0 saturated carbocycles. The Kier molecular flexibility index (Phi) is 6.42. The summed E-state index contributed by atoms with van der Waals surface area (Å²) in [4.78, 5) is 0.214. The second-order valence-corrected chi connectivity index (χ2v) is 10.9. The SMILES string of the molecule is COc1ccc(OC)c(S(=O)(=O)N2CCN(S(=O)(=O)c3ccc(C)c(C)c3)CC2)c1. The highest BCUT2D eigenvalue weighted by Gasteiger charge is 2.35. The maximum absolute atomic E-state index is 13.2. The number of methoxy groups -OCH3 is 2. The van der Waals surface area contributed by atoms with E-state index < -0.39 is 20.0 Å². The van der Waals surface area contributed by atoms with Crippen molar-refractivity contribution in [3.05, 3.63) is 47.5 Å². The molecular weight excluding hydrogens is 428 g/mol. The van der Waals surface area contributed by atoms with Crippen molar-refractivity contribution in [2.24, 2.45) is 0 Å². The highest BCUT2D eigenvalue weighted by atomic mass is 32.2. The van der Waals surface area contributed by atoms with Crippen molar-refractivity contribution in [1.82, 2.24) is 8.61 Å². The molecule has 0 N–H and O–H groups in total. The van der Waals surface area contributed by atoms with E-state index in [1.165, 1.54) is 35.0 Å². The van der Waals surface area contributed by atoms with Crippen LogP contribution < -0.4 is 9.47 Å². The second kappa shape index (κ2) is 8.54. The van der Waals surface area contributed by atoms with Crippen molar-refractivity contribution in [2.75, 3.05) is 40.4 Å². The highest BCUT2D eigenvalue weighted by molar-refractivity contribution is 7.89. The number of piperazine rings is 1. The van der Waals surface area contributed by atoms with Gasteiger partial charge in [0.2, 0.25) is 20.0 Å². The third kappa shape index (κ3) is 4.18. The van der Waals surface area contributed by atoms with E-state index in [2.05, 4.69) is 0 Å². The fourth-order valence-electron chi connectivity index (χ4n) is 3.30. The maximum atomic E-state index is 13.2. The molecule has 0 atom stereocenters. The van der Waals surface area contributed by atoms with Crippen LogP contribution in [0.3, 0.4) is 0 Å². The van der Waals surface area contributed by atoms with Gasteiger partial charge in [0.25, 0.3) is 0 Å². The first-order valence-corrected chi connectivity index (χ1v) is 12.3. The minimum atomic E-state index is -3.88. The lowest BCUT2D eigenvalue weighted by atomic mass is 10.1. The van der Waals surface area contributed by atoms with Crippen LogP contribution in [0, 0.1) is 13.8 Å². The lowest BCUT2D eigenvalue weighted by molar-refractivity contribution is 0.272. The summed E-state index contributed by atoms with van der Waals surface area (Å²) in [5.41, 5.74) is 1.90. The first kappa shape index (κ1) is 22.5. The Balaban J connectivity index is 1.82. The van der Waals surface area contributed by atoms with Gasteiger partial charge in [0.1, 0.15) is 16.4 Å². The number of sulfonamides is 2. The van der Waals surface area contributed by atoms with E-state index in [1.807, 2.05) is 13.8 Å². The van der Waals surface area contributed by atoms with Gasteiger partial charge in [-0.1, -0.05) is 6.07 Å². The van der Waals surface area contributed by atoms with Crippen LogP contribution in [-0.2, 0) is 20.0 Å². The molecule has 1 heterocycles. The van der Waals surface area contributed by atoms with Gasteiger partial charge in [0, 0.05) is 32.2 Å². The minimum absolute atomic E-state index is 0.00480. The molecule has 0 amide bonds. The zero-order valence-corrected chi connectivity index (χ0v) is 19.1. The van der Waals surface area contributed by atoms with Gasteiger partial charge < -0.3 is 9.47 Å². The van der Waals surface area contributed by atoms with E-state index >= 15 is 0 Å². The molecule has 30 heavy (non-hydrogen) atoms. The number of benzene rings is 2. The van der Waals surface area contributed by atoms with Crippen LogP contribution in [0.15, 0.2) is 46.2 Å². The van der Waals surface area contributed by atoms with Crippen molar-refractivity contribution >= 4 is 20.0 Å².